The average Bonchev–Trinajstić information content (AvgIpc) is 2.47. The summed E-state index contributed by atoms with van der Waals surface area (Å²) in [6.07, 6.45) is 9.93. The third-order valence-corrected chi connectivity index (χ3v) is 3.81. The third-order valence-electron chi connectivity index (χ3n) is 3.81. The van der Waals surface area contributed by atoms with Gasteiger partial charge >= 0.3 is 40.0 Å². The minimum absolute atomic E-state index is 0. The Morgan fingerprint density at radius 3 is 2.12 bits per heavy atom. The van der Waals surface area contributed by atoms with Gasteiger partial charge in [-0.1, -0.05) is 57.2 Å². The second-order valence-corrected chi connectivity index (χ2v) is 6.79. The summed E-state index contributed by atoms with van der Waals surface area (Å²) in [6.45, 7) is 3.09. The van der Waals surface area contributed by atoms with Crippen LogP contribution in [-0.2, 0) is 15.1 Å². The fourth-order valence-electron chi connectivity index (χ4n) is 2.54. The van der Waals surface area contributed by atoms with Crippen molar-refractivity contribution in [2.24, 2.45) is 0 Å². The second-order valence-electron chi connectivity index (χ2n) is 5.89. The van der Waals surface area contributed by atoms with Gasteiger partial charge in [0.2, 0.25) is 5.79 Å². The predicted octanol–water partition coefficient (Wildman–Crippen LogP) is 1.40. The summed E-state index contributed by atoms with van der Waals surface area (Å²) >= 11 is 0. The molecule has 140 valence electrons. The molecule has 0 bridgehead atoms. The van der Waals surface area contributed by atoms with Gasteiger partial charge < -0.3 is 10.9 Å². The van der Waals surface area contributed by atoms with E-state index in [4.69, 9.17) is 27.0 Å². The number of unbranched alkanes of at least 4 members (excludes halogenated alkanes) is 5. The Morgan fingerprint density at radius 2 is 1.64 bits per heavy atom. The number of rotatable bonds is 9. The molecule has 1 atom stereocenters. The number of benzene rings is 1. The first kappa shape index (κ1) is 24.8. The summed E-state index contributed by atoms with van der Waals surface area (Å²) in [5.41, 5.74) is 0. The number of hydrogen-bond donors (Lipinski definition) is 2. The zero-order chi connectivity index (χ0) is 17.9. The van der Waals surface area contributed by atoms with E-state index in [2.05, 4.69) is 6.92 Å². The van der Waals surface area contributed by atoms with Gasteiger partial charge in [0.1, 0.15) is 5.75 Å². The van der Waals surface area contributed by atoms with Crippen LogP contribution in [-0.4, -0.2) is 29.9 Å². The average molecular weight is 384 g/mol. The van der Waals surface area contributed by atoms with Crippen LogP contribution in [0.5, 0.6) is 5.75 Å². The zero-order valence-electron chi connectivity index (χ0n) is 16.2. The minimum atomic E-state index is -4.67. The van der Waals surface area contributed by atoms with Crippen molar-refractivity contribution < 1.29 is 58.0 Å². The molecule has 2 N–H and O–H groups in total. The van der Waals surface area contributed by atoms with Crippen LogP contribution < -0.4 is 34.3 Å². The molecule has 1 aliphatic heterocycles. The molecule has 0 saturated carbocycles. The van der Waals surface area contributed by atoms with E-state index in [0.717, 1.165) is 25.2 Å². The van der Waals surface area contributed by atoms with Crippen molar-refractivity contribution in [1.82, 2.24) is 0 Å². The maximum Gasteiger partial charge on any atom is 1.00 e. The largest absolute Gasteiger partial charge is 1.00 e. The van der Waals surface area contributed by atoms with Crippen molar-refractivity contribution in [3.63, 3.8) is 0 Å². The predicted molar refractivity (Wildman–Crippen MR) is 93.7 cm³/mol. The zero-order valence-corrected chi connectivity index (χ0v) is 18.0. The van der Waals surface area contributed by atoms with Gasteiger partial charge in [0, 0.05) is 12.8 Å². The van der Waals surface area contributed by atoms with Crippen molar-refractivity contribution in [2.45, 2.75) is 64.1 Å². The number of para-hydroxylation sites is 1. The molecule has 1 aromatic carbocycles. The third kappa shape index (κ3) is 12.8. The summed E-state index contributed by atoms with van der Waals surface area (Å²) in [7, 11) is -4.67. The molecular weight excluding hydrogens is 355 g/mol. The van der Waals surface area contributed by atoms with Crippen LogP contribution in [0.1, 0.15) is 59.7 Å². The van der Waals surface area contributed by atoms with Gasteiger partial charge in [0.25, 0.3) is 0 Å². The topological polar surface area (TPSA) is 93.1 Å². The van der Waals surface area contributed by atoms with Crippen LogP contribution in [0.25, 0.3) is 0 Å². The Balaban J connectivity index is 0. The van der Waals surface area contributed by atoms with Gasteiger partial charge in [-0.05, 0) is 18.6 Å². The van der Waals surface area contributed by atoms with Crippen molar-refractivity contribution in [2.75, 3.05) is 6.61 Å². The second kappa shape index (κ2) is 13.1. The molecule has 8 heteroatoms. The van der Waals surface area contributed by atoms with Crippen molar-refractivity contribution in [1.29, 1.82) is 0 Å². The van der Waals surface area contributed by atoms with Crippen LogP contribution in [0, 0.1) is 0 Å². The molecule has 1 fully saturated rings. The smallest absolute Gasteiger partial charge is 1.00 e. The van der Waals surface area contributed by atoms with Crippen LogP contribution >= 0.6 is 0 Å². The van der Waals surface area contributed by atoms with E-state index in [-0.39, 0.29) is 36.8 Å². The summed E-state index contributed by atoms with van der Waals surface area (Å²) in [5.74, 6) is 0.597. The van der Waals surface area contributed by atoms with Crippen LogP contribution in [0.4, 0.5) is 0 Å². The van der Waals surface area contributed by atoms with E-state index in [1.165, 1.54) is 38.5 Å². The number of hydrogen-bond acceptors (Lipinski definition) is 4. The molecule has 0 radical (unpaired) electrons. The van der Waals surface area contributed by atoms with E-state index >= 15 is 0 Å². The molecule has 0 aliphatic carbocycles. The summed E-state index contributed by atoms with van der Waals surface area (Å²) in [5, 5.41) is 0. The van der Waals surface area contributed by atoms with E-state index < -0.39 is 10.4 Å². The van der Waals surface area contributed by atoms with Gasteiger partial charge in [0.15, 0.2) is 0 Å². The fourth-order valence-corrected chi connectivity index (χ4v) is 2.54. The molecule has 1 unspecified atom stereocenters. The van der Waals surface area contributed by atoms with Crippen LogP contribution in [0.3, 0.4) is 0 Å². The van der Waals surface area contributed by atoms with E-state index in [0.29, 0.717) is 0 Å². The Kier molecular flexibility index (Phi) is 13.0. The van der Waals surface area contributed by atoms with E-state index in [1.54, 1.807) is 0 Å². The maximum absolute atomic E-state index is 8.74. The first-order valence-electron chi connectivity index (χ1n) is 8.42. The summed E-state index contributed by atoms with van der Waals surface area (Å²) in [6, 6.07) is 10.0. The van der Waals surface area contributed by atoms with Crippen molar-refractivity contribution >= 4 is 10.4 Å². The van der Waals surface area contributed by atoms with Crippen LogP contribution in [0.15, 0.2) is 30.3 Å². The van der Waals surface area contributed by atoms with Crippen molar-refractivity contribution in [3.8, 4) is 5.75 Å². The number of ether oxygens (including phenoxy) is 2. The molecule has 6 nitrogen and oxygen atoms in total. The Morgan fingerprint density at radius 1 is 1.12 bits per heavy atom. The Bertz CT molecular complexity index is 544. The molecular formula is C17H29NaO6S. The molecule has 1 heterocycles. The monoisotopic (exact) mass is 384 g/mol. The van der Waals surface area contributed by atoms with Crippen LogP contribution in [0.2, 0.25) is 0 Å². The fraction of sp³-hybridized carbons (Fsp3) is 0.647. The molecule has 0 spiro atoms. The minimum Gasteiger partial charge on any atom is -1.00 e. The Labute approximate surface area is 174 Å². The van der Waals surface area contributed by atoms with Gasteiger partial charge in [-0.3, -0.25) is 9.11 Å². The molecule has 0 aromatic heterocycles. The first-order chi connectivity index (χ1) is 11.3. The summed E-state index contributed by atoms with van der Waals surface area (Å²) < 4.78 is 43.4. The standard InChI is InChI=1S/C17H26O2.Na.H2O4S.H/c1-2-3-4-5-6-10-13-17(14-15-18-17)19-16-11-8-7-9-12-16;;1-5(2,3)4;/h7-9,11-12H,2-6,10,13-15H2,1H3;;(H2,1,2,3,4);/q;+1;;-1. The van der Waals surface area contributed by atoms with Gasteiger partial charge in [-0.25, -0.2) is 0 Å². The molecule has 25 heavy (non-hydrogen) atoms. The molecule has 1 aliphatic rings. The van der Waals surface area contributed by atoms with E-state index in [1.807, 2.05) is 30.3 Å². The normalized spacial score (nSPS) is 19.0. The van der Waals surface area contributed by atoms with E-state index in [9.17, 15) is 0 Å². The summed E-state index contributed by atoms with van der Waals surface area (Å²) in [4.78, 5) is 0. The molecule has 2 rings (SSSR count). The van der Waals surface area contributed by atoms with Gasteiger partial charge in [-0.15, -0.1) is 0 Å². The Hall–Kier alpha value is -0.150. The van der Waals surface area contributed by atoms with Gasteiger partial charge in [0.05, 0.1) is 6.61 Å². The SMILES string of the molecule is CCCCCCCCC1(Oc2ccccc2)CCO1.O=S(=O)(O)O.[H-].[Na+]. The van der Waals surface area contributed by atoms with Gasteiger partial charge in [-0.2, -0.15) is 8.42 Å². The first-order valence-corrected chi connectivity index (χ1v) is 9.82. The quantitative estimate of drug-likeness (QED) is 0.380. The molecule has 1 aromatic rings. The van der Waals surface area contributed by atoms with Crippen molar-refractivity contribution in [3.05, 3.63) is 30.3 Å². The maximum atomic E-state index is 8.74. The molecule has 1 saturated heterocycles. The molecule has 0 amide bonds.